The van der Waals surface area contributed by atoms with Gasteiger partial charge in [-0.25, -0.2) is 0 Å². The van der Waals surface area contributed by atoms with Crippen molar-refractivity contribution < 1.29 is 9.53 Å². The van der Waals surface area contributed by atoms with Gasteiger partial charge in [0.2, 0.25) is 0 Å². The lowest BCUT2D eigenvalue weighted by Gasteiger charge is -2.11. The Bertz CT molecular complexity index is 389. The largest absolute Gasteiger partial charge is 0.496 e. The van der Waals surface area contributed by atoms with Crippen molar-refractivity contribution in [2.75, 3.05) is 34.3 Å². The first-order chi connectivity index (χ1) is 8.04. The van der Waals surface area contributed by atoms with E-state index in [9.17, 15) is 4.79 Å². The molecule has 1 aromatic carbocycles. The van der Waals surface area contributed by atoms with E-state index in [0.717, 1.165) is 17.9 Å². The lowest BCUT2D eigenvalue weighted by molar-refractivity contribution is 0.0950. The van der Waals surface area contributed by atoms with Gasteiger partial charge in [0, 0.05) is 18.7 Å². The van der Waals surface area contributed by atoms with Crippen molar-refractivity contribution in [2.45, 2.75) is 6.92 Å². The minimum atomic E-state index is -0.0647. The number of carbonyl (C=O) groups is 1. The maximum Gasteiger partial charge on any atom is 0.251 e. The fraction of sp³-hybridized carbons (Fsp3) is 0.462. The molecule has 0 radical (unpaired) electrons. The van der Waals surface area contributed by atoms with E-state index in [1.54, 1.807) is 13.2 Å². The minimum Gasteiger partial charge on any atom is -0.496 e. The summed E-state index contributed by atoms with van der Waals surface area (Å²) in [6.45, 7) is 3.42. The molecule has 0 spiro atoms. The van der Waals surface area contributed by atoms with E-state index in [2.05, 4.69) is 5.32 Å². The van der Waals surface area contributed by atoms with Crippen molar-refractivity contribution in [1.82, 2.24) is 10.2 Å². The molecule has 0 fully saturated rings. The number of carbonyl (C=O) groups excluding carboxylic acids is 1. The van der Waals surface area contributed by atoms with Crippen LogP contribution in [0.1, 0.15) is 15.9 Å². The number of nitrogens with one attached hydrogen (secondary N) is 1. The SMILES string of the molecule is COc1cc(C(=O)NCCN(C)C)ccc1C. The van der Waals surface area contributed by atoms with Crippen molar-refractivity contribution in [3.05, 3.63) is 29.3 Å². The Morgan fingerprint density at radius 1 is 1.41 bits per heavy atom. The molecule has 0 saturated carbocycles. The van der Waals surface area contributed by atoms with E-state index >= 15 is 0 Å². The highest BCUT2D eigenvalue weighted by Gasteiger charge is 2.07. The summed E-state index contributed by atoms with van der Waals surface area (Å²) >= 11 is 0. The lowest BCUT2D eigenvalue weighted by atomic mass is 10.1. The average Bonchev–Trinajstić information content (AvgIpc) is 2.29. The number of hydrogen-bond donors (Lipinski definition) is 1. The number of aryl methyl sites for hydroxylation is 1. The van der Waals surface area contributed by atoms with Gasteiger partial charge in [0.25, 0.3) is 5.91 Å². The summed E-state index contributed by atoms with van der Waals surface area (Å²) in [4.78, 5) is 13.8. The zero-order chi connectivity index (χ0) is 12.8. The molecule has 0 aliphatic carbocycles. The Balaban J connectivity index is 2.63. The van der Waals surface area contributed by atoms with Gasteiger partial charge in [-0.2, -0.15) is 0 Å². The minimum absolute atomic E-state index is 0.0647. The molecule has 0 aromatic heterocycles. The van der Waals surface area contributed by atoms with Crippen LogP contribution in [0.5, 0.6) is 5.75 Å². The number of rotatable bonds is 5. The van der Waals surface area contributed by atoms with Gasteiger partial charge >= 0.3 is 0 Å². The summed E-state index contributed by atoms with van der Waals surface area (Å²) in [5, 5.41) is 2.86. The molecule has 1 N–H and O–H groups in total. The summed E-state index contributed by atoms with van der Waals surface area (Å²) in [5.74, 6) is 0.676. The fourth-order valence-corrected chi connectivity index (χ4v) is 1.46. The van der Waals surface area contributed by atoms with Crippen LogP contribution in [0.4, 0.5) is 0 Å². The standard InChI is InChI=1S/C13H20N2O2/c1-10-5-6-11(9-12(10)17-4)13(16)14-7-8-15(2)3/h5-6,9H,7-8H2,1-4H3,(H,14,16). The molecule has 4 nitrogen and oxygen atoms in total. The average molecular weight is 236 g/mol. The quantitative estimate of drug-likeness (QED) is 0.837. The van der Waals surface area contributed by atoms with Gasteiger partial charge in [-0.3, -0.25) is 4.79 Å². The number of ether oxygens (including phenoxy) is 1. The summed E-state index contributed by atoms with van der Waals surface area (Å²) in [5.41, 5.74) is 1.66. The Labute approximate surface area is 103 Å². The second kappa shape index (κ2) is 6.25. The fourth-order valence-electron chi connectivity index (χ4n) is 1.46. The van der Waals surface area contributed by atoms with E-state index in [1.807, 2.05) is 38.1 Å². The summed E-state index contributed by atoms with van der Waals surface area (Å²) < 4.78 is 5.19. The van der Waals surface area contributed by atoms with Crippen LogP contribution >= 0.6 is 0 Å². The molecule has 94 valence electrons. The van der Waals surface area contributed by atoms with Crippen molar-refractivity contribution in [3.8, 4) is 5.75 Å². The van der Waals surface area contributed by atoms with Gasteiger partial charge in [0.15, 0.2) is 0 Å². The molecule has 17 heavy (non-hydrogen) atoms. The Morgan fingerprint density at radius 3 is 2.71 bits per heavy atom. The van der Waals surface area contributed by atoms with Crippen molar-refractivity contribution in [1.29, 1.82) is 0 Å². The smallest absolute Gasteiger partial charge is 0.251 e. The second-order valence-electron chi connectivity index (χ2n) is 4.24. The molecule has 4 heteroatoms. The summed E-state index contributed by atoms with van der Waals surface area (Å²) in [7, 11) is 5.55. The molecule has 0 atom stereocenters. The topological polar surface area (TPSA) is 41.6 Å². The molecule has 0 heterocycles. The van der Waals surface area contributed by atoms with E-state index in [0.29, 0.717) is 12.1 Å². The molecule has 1 amide bonds. The third kappa shape index (κ3) is 4.07. The molecule has 1 rings (SSSR count). The van der Waals surface area contributed by atoms with Crippen molar-refractivity contribution in [2.24, 2.45) is 0 Å². The van der Waals surface area contributed by atoms with Gasteiger partial charge in [-0.15, -0.1) is 0 Å². The molecular formula is C13H20N2O2. The molecule has 0 aliphatic rings. The van der Waals surface area contributed by atoms with Crippen LogP contribution in [0.3, 0.4) is 0 Å². The molecule has 0 unspecified atom stereocenters. The van der Waals surface area contributed by atoms with Crippen LogP contribution in [0, 0.1) is 6.92 Å². The number of amides is 1. The van der Waals surface area contributed by atoms with E-state index in [-0.39, 0.29) is 5.91 Å². The van der Waals surface area contributed by atoms with Crippen LogP contribution in [-0.2, 0) is 0 Å². The van der Waals surface area contributed by atoms with Crippen LogP contribution in [0.2, 0.25) is 0 Å². The summed E-state index contributed by atoms with van der Waals surface area (Å²) in [6, 6.07) is 5.46. The highest BCUT2D eigenvalue weighted by atomic mass is 16.5. The predicted molar refractivity (Wildman–Crippen MR) is 68.6 cm³/mol. The zero-order valence-electron chi connectivity index (χ0n) is 10.9. The Hall–Kier alpha value is -1.55. The van der Waals surface area contributed by atoms with Crippen LogP contribution in [0.25, 0.3) is 0 Å². The number of likely N-dealkylation sites (N-methyl/N-ethyl adjacent to an activating group) is 1. The number of hydrogen-bond acceptors (Lipinski definition) is 3. The highest BCUT2D eigenvalue weighted by Crippen LogP contribution is 2.18. The maximum atomic E-state index is 11.8. The summed E-state index contributed by atoms with van der Waals surface area (Å²) in [6.07, 6.45) is 0. The third-order valence-electron chi connectivity index (χ3n) is 2.51. The van der Waals surface area contributed by atoms with Gasteiger partial charge < -0.3 is 15.0 Å². The molecule has 0 aliphatic heterocycles. The number of benzene rings is 1. The van der Waals surface area contributed by atoms with Gasteiger partial charge in [0.05, 0.1) is 7.11 Å². The highest BCUT2D eigenvalue weighted by molar-refractivity contribution is 5.94. The van der Waals surface area contributed by atoms with E-state index in [4.69, 9.17) is 4.74 Å². The Morgan fingerprint density at radius 2 is 2.12 bits per heavy atom. The lowest BCUT2D eigenvalue weighted by Crippen LogP contribution is -2.31. The second-order valence-corrected chi connectivity index (χ2v) is 4.24. The third-order valence-corrected chi connectivity index (χ3v) is 2.51. The monoisotopic (exact) mass is 236 g/mol. The van der Waals surface area contributed by atoms with Gasteiger partial charge in [-0.05, 0) is 38.7 Å². The zero-order valence-corrected chi connectivity index (χ0v) is 10.9. The van der Waals surface area contributed by atoms with E-state index < -0.39 is 0 Å². The first-order valence-electron chi connectivity index (χ1n) is 5.62. The normalized spacial score (nSPS) is 10.4. The molecule has 0 saturated heterocycles. The molecular weight excluding hydrogens is 216 g/mol. The van der Waals surface area contributed by atoms with Crippen LogP contribution < -0.4 is 10.1 Å². The maximum absolute atomic E-state index is 11.8. The van der Waals surface area contributed by atoms with Crippen LogP contribution in [-0.4, -0.2) is 45.1 Å². The predicted octanol–water partition coefficient (Wildman–Crippen LogP) is 1.30. The van der Waals surface area contributed by atoms with Crippen molar-refractivity contribution in [3.63, 3.8) is 0 Å². The van der Waals surface area contributed by atoms with Crippen molar-refractivity contribution >= 4 is 5.91 Å². The van der Waals surface area contributed by atoms with E-state index in [1.165, 1.54) is 0 Å². The first kappa shape index (κ1) is 13.5. The number of methoxy groups -OCH3 is 1. The first-order valence-corrected chi connectivity index (χ1v) is 5.62. The molecule has 0 bridgehead atoms. The van der Waals surface area contributed by atoms with Crippen LogP contribution in [0.15, 0.2) is 18.2 Å². The molecule has 1 aromatic rings. The number of nitrogens with zero attached hydrogens (tertiary/aromatic N) is 1. The van der Waals surface area contributed by atoms with Gasteiger partial charge in [0.1, 0.15) is 5.75 Å². The Kier molecular flexibility index (Phi) is 4.97. The van der Waals surface area contributed by atoms with Gasteiger partial charge in [-0.1, -0.05) is 6.07 Å².